The Balaban J connectivity index is 1.82. The van der Waals surface area contributed by atoms with Crippen LogP contribution in [0.25, 0.3) is 10.7 Å². The first-order chi connectivity index (χ1) is 13.5. The summed E-state index contributed by atoms with van der Waals surface area (Å²) in [7, 11) is 1.30. The Bertz CT molecular complexity index is 1030. The van der Waals surface area contributed by atoms with Gasteiger partial charge in [-0.1, -0.05) is 35.9 Å². The second-order valence-electron chi connectivity index (χ2n) is 5.84. The SMILES string of the molecule is COC(=O)CC(NC(=O)Cn1c(-c2cccs2)n[nH]c1=S)c1ccccc1Cl. The third-order valence-corrected chi connectivity index (χ3v) is 5.54. The number of hydrogen-bond acceptors (Lipinski definition) is 6. The van der Waals surface area contributed by atoms with E-state index in [1.54, 1.807) is 28.8 Å². The van der Waals surface area contributed by atoms with Crippen molar-refractivity contribution in [2.24, 2.45) is 0 Å². The van der Waals surface area contributed by atoms with Gasteiger partial charge in [-0.25, -0.2) is 0 Å². The predicted octanol–water partition coefficient (Wildman–Crippen LogP) is 3.74. The average Bonchev–Trinajstić information content (AvgIpc) is 3.32. The minimum atomic E-state index is -0.625. The summed E-state index contributed by atoms with van der Waals surface area (Å²) in [5.74, 6) is -0.203. The van der Waals surface area contributed by atoms with E-state index in [4.69, 9.17) is 28.6 Å². The lowest BCUT2D eigenvalue weighted by molar-refractivity contribution is -0.141. The molecule has 3 aromatic rings. The Labute approximate surface area is 175 Å². The van der Waals surface area contributed by atoms with E-state index >= 15 is 0 Å². The monoisotopic (exact) mass is 436 g/mol. The van der Waals surface area contributed by atoms with Crippen LogP contribution in [0.5, 0.6) is 0 Å². The normalized spacial score (nSPS) is 11.8. The molecule has 2 aromatic heterocycles. The van der Waals surface area contributed by atoms with Gasteiger partial charge in [-0.3, -0.25) is 19.3 Å². The van der Waals surface area contributed by atoms with E-state index in [1.807, 2.05) is 17.5 Å². The molecule has 1 amide bonds. The van der Waals surface area contributed by atoms with Crippen molar-refractivity contribution in [1.29, 1.82) is 0 Å². The molecule has 0 saturated heterocycles. The number of thiophene rings is 1. The van der Waals surface area contributed by atoms with E-state index in [9.17, 15) is 9.59 Å². The van der Waals surface area contributed by atoms with Gasteiger partial charge >= 0.3 is 5.97 Å². The van der Waals surface area contributed by atoms with E-state index in [0.29, 0.717) is 21.2 Å². The molecule has 0 aliphatic rings. The summed E-state index contributed by atoms with van der Waals surface area (Å²) in [6.45, 7) is -0.0509. The lowest BCUT2D eigenvalue weighted by Gasteiger charge is -2.19. The lowest BCUT2D eigenvalue weighted by atomic mass is 10.0. The molecule has 0 aliphatic carbocycles. The Morgan fingerprint density at radius 1 is 1.36 bits per heavy atom. The first-order valence-electron chi connectivity index (χ1n) is 8.29. The van der Waals surface area contributed by atoms with Crippen LogP contribution in [0.2, 0.25) is 5.02 Å². The molecule has 1 atom stereocenters. The van der Waals surface area contributed by atoms with Crippen molar-refractivity contribution in [3.05, 3.63) is 57.1 Å². The summed E-state index contributed by atoms with van der Waals surface area (Å²) in [6, 6.07) is 10.2. The number of amides is 1. The Hall–Kier alpha value is -2.49. The summed E-state index contributed by atoms with van der Waals surface area (Å²) in [5, 5.41) is 12.1. The number of halogens is 1. The molecular weight excluding hydrogens is 420 g/mol. The quantitative estimate of drug-likeness (QED) is 0.435. The summed E-state index contributed by atoms with van der Waals surface area (Å²) in [4.78, 5) is 25.4. The average molecular weight is 437 g/mol. The van der Waals surface area contributed by atoms with Gasteiger partial charge in [-0.15, -0.1) is 11.3 Å². The second-order valence-corrected chi connectivity index (χ2v) is 7.58. The molecule has 10 heteroatoms. The van der Waals surface area contributed by atoms with Gasteiger partial charge in [0, 0.05) is 5.02 Å². The number of rotatable bonds is 7. The Morgan fingerprint density at radius 3 is 2.82 bits per heavy atom. The van der Waals surface area contributed by atoms with Crippen molar-refractivity contribution in [3.8, 4) is 10.7 Å². The van der Waals surface area contributed by atoms with Crippen LogP contribution in [0.4, 0.5) is 0 Å². The van der Waals surface area contributed by atoms with Crippen LogP contribution in [0, 0.1) is 4.77 Å². The maximum Gasteiger partial charge on any atom is 0.307 e. The molecule has 3 rings (SSSR count). The second kappa shape index (κ2) is 9.13. The zero-order valence-electron chi connectivity index (χ0n) is 14.8. The molecular formula is C18H17ClN4O3S2. The Kier molecular flexibility index (Phi) is 6.61. The molecule has 1 aromatic carbocycles. The number of benzene rings is 1. The molecule has 0 spiro atoms. The minimum Gasteiger partial charge on any atom is -0.469 e. The molecule has 0 radical (unpaired) electrons. The van der Waals surface area contributed by atoms with Gasteiger partial charge in [0.1, 0.15) is 6.54 Å². The fourth-order valence-corrected chi connectivity index (χ4v) is 3.87. The molecule has 0 saturated carbocycles. The van der Waals surface area contributed by atoms with Gasteiger partial charge in [-0.2, -0.15) is 5.10 Å². The van der Waals surface area contributed by atoms with Crippen molar-refractivity contribution in [2.45, 2.75) is 19.0 Å². The number of aromatic nitrogens is 3. The number of nitrogens with one attached hydrogen (secondary N) is 2. The van der Waals surface area contributed by atoms with E-state index in [0.717, 1.165) is 4.88 Å². The number of hydrogen-bond donors (Lipinski definition) is 2. The molecule has 0 bridgehead atoms. The molecule has 28 heavy (non-hydrogen) atoms. The van der Waals surface area contributed by atoms with Crippen LogP contribution < -0.4 is 5.32 Å². The maximum atomic E-state index is 12.7. The third-order valence-electron chi connectivity index (χ3n) is 4.02. The fraction of sp³-hybridized carbons (Fsp3) is 0.222. The summed E-state index contributed by atoms with van der Waals surface area (Å²) < 4.78 is 6.69. The lowest BCUT2D eigenvalue weighted by Crippen LogP contribution is -2.33. The third kappa shape index (κ3) is 4.67. The Morgan fingerprint density at radius 2 is 2.14 bits per heavy atom. The van der Waals surface area contributed by atoms with E-state index < -0.39 is 12.0 Å². The highest BCUT2D eigenvalue weighted by Gasteiger charge is 2.22. The number of methoxy groups -OCH3 is 1. The minimum absolute atomic E-state index is 0.0411. The van der Waals surface area contributed by atoms with Crippen LogP contribution in [0.1, 0.15) is 18.0 Å². The number of nitrogens with zero attached hydrogens (tertiary/aromatic N) is 2. The molecule has 0 aliphatic heterocycles. The van der Waals surface area contributed by atoms with Crippen LogP contribution in [-0.2, 0) is 20.9 Å². The van der Waals surface area contributed by atoms with E-state index in [2.05, 4.69) is 15.5 Å². The largest absolute Gasteiger partial charge is 0.469 e. The highest BCUT2D eigenvalue weighted by atomic mass is 35.5. The highest BCUT2D eigenvalue weighted by molar-refractivity contribution is 7.71. The molecule has 146 valence electrons. The highest BCUT2D eigenvalue weighted by Crippen LogP contribution is 2.26. The van der Waals surface area contributed by atoms with Gasteiger partial charge in [0.15, 0.2) is 10.6 Å². The molecule has 2 N–H and O–H groups in total. The molecule has 2 heterocycles. The smallest absolute Gasteiger partial charge is 0.307 e. The zero-order chi connectivity index (χ0) is 20.1. The van der Waals surface area contributed by atoms with Gasteiger partial charge in [0.25, 0.3) is 0 Å². The molecule has 0 fully saturated rings. The summed E-state index contributed by atoms with van der Waals surface area (Å²) >= 11 is 13.0. The van der Waals surface area contributed by atoms with Gasteiger partial charge in [0.2, 0.25) is 5.91 Å². The number of carbonyl (C=O) groups excluding carboxylic acids is 2. The van der Waals surface area contributed by atoms with Crippen LogP contribution >= 0.6 is 35.2 Å². The summed E-state index contributed by atoms with van der Waals surface area (Å²) in [6.07, 6.45) is -0.0411. The van der Waals surface area contributed by atoms with Gasteiger partial charge < -0.3 is 10.1 Å². The zero-order valence-corrected chi connectivity index (χ0v) is 17.2. The van der Waals surface area contributed by atoms with Crippen molar-refractivity contribution in [1.82, 2.24) is 20.1 Å². The number of aromatic amines is 1. The predicted molar refractivity (Wildman–Crippen MR) is 110 cm³/mol. The number of ether oxygens (including phenoxy) is 1. The van der Waals surface area contributed by atoms with Crippen molar-refractivity contribution >= 4 is 47.0 Å². The number of H-pyrrole nitrogens is 1. The van der Waals surface area contributed by atoms with Gasteiger partial charge in [0.05, 0.1) is 24.4 Å². The molecule has 7 nitrogen and oxygen atoms in total. The van der Waals surface area contributed by atoms with Crippen molar-refractivity contribution < 1.29 is 14.3 Å². The van der Waals surface area contributed by atoms with Crippen LogP contribution in [0.3, 0.4) is 0 Å². The topological polar surface area (TPSA) is 89.0 Å². The maximum absolute atomic E-state index is 12.7. The van der Waals surface area contributed by atoms with Crippen molar-refractivity contribution in [3.63, 3.8) is 0 Å². The van der Waals surface area contributed by atoms with E-state index in [1.165, 1.54) is 18.4 Å². The van der Waals surface area contributed by atoms with E-state index in [-0.39, 0.29) is 18.9 Å². The van der Waals surface area contributed by atoms with Crippen molar-refractivity contribution in [2.75, 3.05) is 7.11 Å². The first-order valence-corrected chi connectivity index (χ1v) is 9.96. The standard InChI is InChI=1S/C18H17ClN4O3S2/c1-26-16(25)9-13(11-5-2-3-6-12(11)19)20-15(24)10-23-17(21-22-18(23)27)14-7-4-8-28-14/h2-8,13H,9-10H2,1H3,(H,20,24)(H,22,27). The fourth-order valence-electron chi connectivity index (χ4n) is 2.69. The van der Waals surface area contributed by atoms with Crippen LogP contribution in [0.15, 0.2) is 41.8 Å². The summed E-state index contributed by atoms with van der Waals surface area (Å²) in [5.41, 5.74) is 0.636. The number of carbonyl (C=O) groups is 2. The van der Waals surface area contributed by atoms with Crippen LogP contribution in [-0.4, -0.2) is 33.8 Å². The van der Waals surface area contributed by atoms with Gasteiger partial charge in [-0.05, 0) is 35.3 Å². The molecule has 1 unspecified atom stereocenters. The number of esters is 1. The first kappa shape index (κ1) is 20.2.